The lowest BCUT2D eigenvalue weighted by Gasteiger charge is -2.19. The first-order valence-electron chi connectivity index (χ1n) is 8.07. The number of allylic oxidation sites excluding steroid dienone is 5. The molecule has 0 saturated carbocycles. The average Bonchev–Trinajstić information content (AvgIpc) is 2.57. The van der Waals surface area contributed by atoms with Gasteiger partial charge in [0.05, 0.1) is 6.04 Å². The Morgan fingerprint density at radius 1 is 1.50 bits per heavy atom. The minimum Gasteiger partial charge on any atom is -0.383 e. The molecule has 1 amide bonds. The minimum absolute atomic E-state index is 0.150. The Kier molecular flexibility index (Phi) is 9.50. The molecule has 2 N–H and O–H groups in total. The van der Waals surface area contributed by atoms with E-state index < -0.39 is 0 Å². The van der Waals surface area contributed by atoms with E-state index in [0.717, 1.165) is 24.1 Å². The summed E-state index contributed by atoms with van der Waals surface area (Å²) in [4.78, 5) is 16.7. The molecule has 132 valence electrons. The van der Waals surface area contributed by atoms with Crippen LogP contribution in [0.15, 0.2) is 51.9 Å². The third kappa shape index (κ3) is 6.93. The molecular weight excluding hydrogens is 345 g/mol. The molecule has 0 radical (unpaired) electrons. The minimum atomic E-state index is -0.150. The molecule has 0 aromatic heterocycles. The summed E-state index contributed by atoms with van der Waals surface area (Å²) in [6, 6.07) is 0.155. The normalized spacial score (nSPS) is 21.0. The molecule has 0 aromatic rings. The second-order valence-electron chi connectivity index (χ2n) is 5.35. The molecule has 0 fully saturated rings. The molecule has 24 heavy (non-hydrogen) atoms. The second-order valence-corrected chi connectivity index (χ2v) is 6.02. The first kappa shape index (κ1) is 20.5. The van der Waals surface area contributed by atoms with Crippen LogP contribution in [0, 0.1) is 0 Å². The third-order valence-corrected chi connectivity index (χ3v) is 4.15. The van der Waals surface area contributed by atoms with Crippen molar-refractivity contribution < 1.29 is 4.79 Å². The Hall–Kier alpha value is -1.52. The van der Waals surface area contributed by atoms with E-state index in [2.05, 4.69) is 15.6 Å². The zero-order valence-electron chi connectivity index (χ0n) is 14.4. The number of amides is 1. The number of hydrogen-bond acceptors (Lipinski definition) is 3. The highest BCUT2D eigenvalue weighted by Gasteiger charge is 2.12. The van der Waals surface area contributed by atoms with Crippen molar-refractivity contribution in [1.29, 1.82) is 0 Å². The molecule has 1 aliphatic heterocycles. The topological polar surface area (TPSA) is 53.5 Å². The fourth-order valence-corrected chi connectivity index (χ4v) is 2.68. The van der Waals surface area contributed by atoms with Crippen LogP contribution < -0.4 is 10.6 Å². The van der Waals surface area contributed by atoms with Crippen molar-refractivity contribution in [2.24, 2.45) is 4.99 Å². The molecule has 1 atom stereocenters. The van der Waals surface area contributed by atoms with Crippen molar-refractivity contribution in [1.82, 2.24) is 10.6 Å². The van der Waals surface area contributed by atoms with Crippen LogP contribution in [0.3, 0.4) is 0 Å². The Morgan fingerprint density at radius 2 is 2.25 bits per heavy atom. The number of hydrogen-bond donors (Lipinski definition) is 2. The Balaban J connectivity index is 2.70. The third-order valence-electron chi connectivity index (χ3n) is 3.46. The van der Waals surface area contributed by atoms with Gasteiger partial charge in [-0.25, -0.2) is 4.99 Å². The van der Waals surface area contributed by atoms with Crippen molar-refractivity contribution in [3.05, 3.63) is 46.9 Å². The van der Waals surface area contributed by atoms with Crippen molar-refractivity contribution in [2.75, 3.05) is 5.88 Å². The van der Waals surface area contributed by atoms with Gasteiger partial charge in [0.15, 0.2) is 0 Å². The number of nitrogens with zero attached hydrogens (tertiary/aromatic N) is 1. The molecule has 0 saturated heterocycles. The predicted molar refractivity (Wildman–Crippen MR) is 103 cm³/mol. The van der Waals surface area contributed by atoms with Crippen LogP contribution in [0.4, 0.5) is 0 Å². The molecule has 0 aromatic carbocycles. The highest BCUT2D eigenvalue weighted by molar-refractivity contribution is 6.33. The summed E-state index contributed by atoms with van der Waals surface area (Å²) in [7, 11) is 0. The fraction of sp³-hybridized carbons (Fsp3) is 0.444. The lowest BCUT2D eigenvalue weighted by molar-refractivity contribution is -0.119. The summed E-state index contributed by atoms with van der Waals surface area (Å²) >= 11 is 12.0. The molecule has 0 spiro atoms. The van der Waals surface area contributed by atoms with Crippen molar-refractivity contribution in [3.63, 3.8) is 0 Å². The number of nitrogens with one attached hydrogen (secondary N) is 2. The van der Waals surface area contributed by atoms with Crippen LogP contribution in [-0.2, 0) is 4.79 Å². The van der Waals surface area contributed by atoms with Gasteiger partial charge in [0, 0.05) is 29.5 Å². The largest absolute Gasteiger partial charge is 0.383 e. The van der Waals surface area contributed by atoms with Crippen LogP contribution >= 0.6 is 23.2 Å². The summed E-state index contributed by atoms with van der Waals surface area (Å²) in [6.45, 7) is 5.88. The first-order valence-corrected chi connectivity index (χ1v) is 8.98. The van der Waals surface area contributed by atoms with E-state index in [9.17, 15) is 4.79 Å². The monoisotopic (exact) mass is 369 g/mol. The Bertz CT molecular complexity index is 589. The van der Waals surface area contributed by atoms with Crippen LogP contribution in [0.5, 0.6) is 0 Å². The van der Waals surface area contributed by atoms with Crippen molar-refractivity contribution >= 4 is 34.8 Å². The maximum absolute atomic E-state index is 12.1. The van der Waals surface area contributed by atoms with Gasteiger partial charge in [-0.2, -0.15) is 0 Å². The standard InChI is InChI=1S/C18H25Cl2N3O/c1-4-7-15(20)14(12-19)9-10-18(24)23-17(5-2)22-16-8-6-11-21-13(16)3/h5-7,9,11,13,21H,4,8,10,12H2,1-3H3,(H,23,24)/b14-9-,15-7+,17-5+,22-16-. The van der Waals surface area contributed by atoms with E-state index in [0.29, 0.717) is 10.9 Å². The van der Waals surface area contributed by atoms with E-state index in [4.69, 9.17) is 23.2 Å². The maximum Gasteiger partial charge on any atom is 0.229 e. The molecule has 0 aliphatic carbocycles. The smallest absolute Gasteiger partial charge is 0.229 e. The maximum atomic E-state index is 12.1. The van der Waals surface area contributed by atoms with Gasteiger partial charge in [0.25, 0.3) is 0 Å². The van der Waals surface area contributed by atoms with Gasteiger partial charge in [0.2, 0.25) is 5.91 Å². The van der Waals surface area contributed by atoms with E-state index in [1.165, 1.54) is 0 Å². The molecule has 4 nitrogen and oxygen atoms in total. The quantitative estimate of drug-likeness (QED) is 0.516. The van der Waals surface area contributed by atoms with E-state index in [1.807, 2.05) is 39.1 Å². The van der Waals surface area contributed by atoms with E-state index in [1.54, 1.807) is 12.2 Å². The van der Waals surface area contributed by atoms with Gasteiger partial charge >= 0.3 is 0 Å². The van der Waals surface area contributed by atoms with Gasteiger partial charge in [-0.05, 0) is 38.1 Å². The molecule has 1 unspecified atom stereocenters. The number of aliphatic imine (C=N–C) groups is 1. The van der Waals surface area contributed by atoms with Gasteiger partial charge in [-0.3, -0.25) is 4.79 Å². The molecule has 1 rings (SSSR count). The SMILES string of the molecule is C/C=C(\N=C1\CC=CNC1C)NC(=O)C/C=C(CCl)\C(Cl)=C/CC. The number of carbonyl (C=O) groups is 1. The predicted octanol–water partition coefficient (Wildman–Crippen LogP) is 4.39. The fourth-order valence-electron chi connectivity index (χ4n) is 2.06. The van der Waals surface area contributed by atoms with Gasteiger partial charge < -0.3 is 10.6 Å². The van der Waals surface area contributed by atoms with E-state index >= 15 is 0 Å². The number of halogens is 2. The average molecular weight is 370 g/mol. The number of alkyl halides is 1. The summed E-state index contributed by atoms with van der Waals surface area (Å²) < 4.78 is 0. The van der Waals surface area contributed by atoms with Crippen LogP contribution in [-0.4, -0.2) is 23.5 Å². The van der Waals surface area contributed by atoms with Crippen LogP contribution in [0.1, 0.15) is 40.0 Å². The Morgan fingerprint density at radius 3 is 2.83 bits per heavy atom. The molecule has 6 heteroatoms. The van der Waals surface area contributed by atoms with Gasteiger partial charge in [-0.1, -0.05) is 36.8 Å². The van der Waals surface area contributed by atoms with Crippen LogP contribution in [0.25, 0.3) is 0 Å². The molecular formula is C18H25Cl2N3O. The lowest BCUT2D eigenvalue weighted by atomic mass is 10.1. The molecule has 0 bridgehead atoms. The highest BCUT2D eigenvalue weighted by Crippen LogP contribution is 2.17. The number of carbonyl (C=O) groups excluding carboxylic acids is 1. The summed E-state index contributed by atoms with van der Waals surface area (Å²) in [5.74, 6) is 0.676. The summed E-state index contributed by atoms with van der Waals surface area (Å²) in [5.41, 5.74) is 1.75. The second kappa shape index (κ2) is 11.1. The van der Waals surface area contributed by atoms with Gasteiger partial charge in [-0.15, -0.1) is 11.6 Å². The summed E-state index contributed by atoms with van der Waals surface area (Å²) in [6.07, 6.45) is 11.1. The van der Waals surface area contributed by atoms with Crippen molar-refractivity contribution in [3.8, 4) is 0 Å². The zero-order valence-corrected chi connectivity index (χ0v) is 15.9. The Labute approximate surface area is 154 Å². The number of rotatable bonds is 7. The first-order chi connectivity index (χ1) is 11.5. The summed E-state index contributed by atoms with van der Waals surface area (Å²) in [5, 5.41) is 6.61. The van der Waals surface area contributed by atoms with Crippen molar-refractivity contribution in [2.45, 2.75) is 46.1 Å². The molecule has 1 aliphatic rings. The molecule has 1 heterocycles. The van der Waals surface area contributed by atoms with Gasteiger partial charge in [0.1, 0.15) is 5.82 Å². The van der Waals surface area contributed by atoms with E-state index in [-0.39, 0.29) is 24.2 Å². The highest BCUT2D eigenvalue weighted by atomic mass is 35.5. The lowest BCUT2D eigenvalue weighted by Crippen LogP contribution is -2.33. The zero-order chi connectivity index (χ0) is 17.9. The van der Waals surface area contributed by atoms with Crippen LogP contribution in [0.2, 0.25) is 0 Å².